The molecule has 0 atom stereocenters. The van der Waals surface area contributed by atoms with E-state index in [4.69, 9.17) is 4.94 Å². The van der Waals surface area contributed by atoms with E-state index in [2.05, 4.69) is 10.2 Å². The number of nitrogens with zero attached hydrogens (tertiary/aromatic N) is 4. The third-order valence-electron chi connectivity index (χ3n) is 1.17. The lowest BCUT2D eigenvalue weighted by Gasteiger charge is -2.13. The summed E-state index contributed by atoms with van der Waals surface area (Å²) in [7, 11) is 1.79. The van der Waals surface area contributed by atoms with Crippen LogP contribution in [0.5, 0.6) is 0 Å². The molecule has 10 heavy (non-hydrogen) atoms. The summed E-state index contributed by atoms with van der Waals surface area (Å²) in [6.07, 6.45) is 5.01. The predicted molar refractivity (Wildman–Crippen MR) is 32.8 cm³/mol. The van der Waals surface area contributed by atoms with E-state index in [-0.39, 0.29) is 0 Å². The highest BCUT2D eigenvalue weighted by Gasteiger charge is 2.19. The summed E-state index contributed by atoms with van der Waals surface area (Å²) in [6.45, 7) is 0. The highest BCUT2D eigenvalue weighted by Crippen LogP contribution is 2.20. The second kappa shape index (κ2) is 1.81. The zero-order valence-corrected chi connectivity index (χ0v) is 5.43. The molecule has 0 saturated heterocycles. The van der Waals surface area contributed by atoms with E-state index in [0.29, 0.717) is 5.82 Å². The van der Waals surface area contributed by atoms with Crippen LogP contribution in [0.15, 0.2) is 34.6 Å². The van der Waals surface area contributed by atoms with Crippen LogP contribution >= 0.6 is 0 Å². The summed E-state index contributed by atoms with van der Waals surface area (Å²) in [4.78, 5) is 5.10. The number of azo groups is 1. The van der Waals surface area contributed by atoms with Gasteiger partial charge in [0, 0.05) is 7.05 Å². The van der Waals surface area contributed by atoms with Crippen molar-refractivity contribution in [3.05, 3.63) is 24.4 Å². The SMILES string of the molecule is CN1C=C2N=NC=CN2O1. The van der Waals surface area contributed by atoms with Gasteiger partial charge >= 0.3 is 0 Å². The summed E-state index contributed by atoms with van der Waals surface area (Å²) in [5.41, 5.74) is 0. The van der Waals surface area contributed by atoms with Gasteiger partial charge in [-0.2, -0.15) is 10.2 Å². The summed E-state index contributed by atoms with van der Waals surface area (Å²) in [5.74, 6) is 0.699. The van der Waals surface area contributed by atoms with E-state index in [1.54, 1.807) is 30.7 Å². The number of rotatable bonds is 0. The standard InChI is InChI=1S/C5H6N4O/c1-8-4-5-7-6-2-3-9(5)10-8/h2-4H,1H3. The molecular weight excluding hydrogens is 132 g/mol. The van der Waals surface area contributed by atoms with Gasteiger partial charge in [-0.15, -0.1) is 10.1 Å². The molecule has 2 aliphatic rings. The van der Waals surface area contributed by atoms with Crippen molar-refractivity contribution in [3.8, 4) is 0 Å². The Labute approximate surface area is 57.8 Å². The smallest absolute Gasteiger partial charge is 0.200 e. The van der Waals surface area contributed by atoms with Gasteiger partial charge in [0.15, 0.2) is 5.82 Å². The van der Waals surface area contributed by atoms with Crippen LogP contribution in [0, 0.1) is 0 Å². The minimum Gasteiger partial charge on any atom is -0.235 e. The zero-order valence-electron chi connectivity index (χ0n) is 5.43. The first kappa shape index (κ1) is 5.43. The molecule has 0 aromatic carbocycles. The Hall–Kier alpha value is -1.36. The monoisotopic (exact) mass is 138 g/mol. The molecular formula is C5H6N4O. The molecule has 0 aromatic heterocycles. The molecule has 0 spiro atoms. The van der Waals surface area contributed by atoms with Gasteiger partial charge in [-0.1, -0.05) is 0 Å². The van der Waals surface area contributed by atoms with Gasteiger partial charge in [-0.3, -0.25) is 0 Å². The van der Waals surface area contributed by atoms with Crippen LogP contribution in [-0.2, 0) is 4.94 Å². The predicted octanol–water partition coefficient (Wildman–Crippen LogP) is 0.816. The minimum absolute atomic E-state index is 0.699. The van der Waals surface area contributed by atoms with Gasteiger partial charge in [0.25, 0.3) is 0 Å². The molecule has 0 saturated carbocycles. The fraction of sp³-hybridized carbons (Fsp3) is 0.200. The highest BCUT2D eigenvalue weighted by molar-refractivity contribution is 5.04. The summed E-state index contributed by atoms with van der Waals surface area (Å²) < 4.78 is 0. The maximum atomic E-state index is 5.10. The minimum atomic E-state index is 0.699. The Morgan fingerprint density at radius 2 is 2.50 bits per heavy atom. The lowest BCUT2D eigenvalue weighted by Crippen LogP contribution is -2.16. The Bertz CT molecular complexity index is 232. The molecule has 0 amide bonds. The highest BCUT2D eigenvalue weighted by atomic mass is 16.8. The number of hydroxylamine groups is 4. The van der Waals surface area contributed by atoms with Crippen LogP contribution in [0.4, 0.5) is 0 Å². The molecule has 0 aliphatic carbocycles. The largest absolute Gasteiger partial charge is 0.235 e. The van der Waals surface area contributed by atoms with Crippen LogP contribution in [0.1, 0.15) is 0 Å². The zero-order chi connectivity index (χ0) is 6.97. The average molecular weight is 138 g/mol. The van der Waals surface area contributed by atoms with Crippen LogP contribution in [-0.4, -0.2) is 17.2 Å². The number of hydrogen-bond donors (Lipinski definition) is 0. The van der Waals surface area contributed by atoms with Crippen molar-refractivity contribution in [2.24, 2.45) is 10.2 Å². The van der Waals surface area contributed by atoms with Gasteiger partial charge in [0.2, 0.25) is 0 Å². The normalized spacial score (nSPS) is 21.5. The van der Waals surface area contributed by atoms with Crippen LogP contribution in [0.2, 0.25) is 0 Å². The molecule has 0 bridgehead atoms. The van der Waals surface area contributed by atoms with E-state index in [9.17, 15) is 0 Å². The topological polar surface area (TPSA) is 40.4 Å². The van der Waals surface area contributed by atoms with Crippen molar-refractivity contribution < 1.29 is 4.94 Å². The lowest BCUT2D eigenvalue weighted by molar-refractivity contribution is -0.228. The molecule has 0 aromatic rings. The van der Waals surface area contributed by atoms with Gasteiger partial charge in [-0.05, 0) is 0 Å². The molecule has 52 valence electrons. The first-order valence-corrected chi connectivity index (χ1v) is 2.86. The van der Waals surface area contributed by atoms with Gasteiger partial charge < -0.3 is 0 Å². The van der Waals surface area contributed by atoms with E-state index < -0.39 is 0 Å². The molecule has 0 unspecified atom stereocenters. The third kappa shape index (κ3) is 0.679. The second-order valence-electron chi connectivity index (χ2n) is 1.95. The lowest BCUT2D eigenvalue weighted by atomic mass is 10.7. The summed E-state index contributed by atoms with van der Waals surface area (Å²) >= 11 is 0. The van der Waals surface area contributed by atoms with Crippen LogP contribution in [0.25, 0.3) is 0 Å². The van der Waals surface area contributed by atoms with E-state index in [1.807, 2.05) is 0 Å². The van der Waals surface area contributed by atoms with Crippen LogP contribution in [0.3, 0.4) is 0 Å². The molecule has 2 heterocycles. The average Bonchev–Trinajstić information content (AvgIpc) is 2.27. The van der Waals surface area contributed by atoms with Crippen LogP contribution < -0.4 is 0 Å². The molecule has 0 fully saturated rings. The number of hydrogen-bond acceptors (Lipinski definition) is 5. The third-order valence-corrected chi connectivity index (χ3v) is 1.17. The van der Waals surface area contributed by atoms with Crippen molar-refractivity contribution in [3.63, 3.8) is 0 Å². The van der Waals surface area contributed by atoms with Crippen molar-refractivity contribution >= 4 is 0 Å². The Kier molecular flexibility index (Phi) is 0.983. The fourth-order valence-corrected chi connectivity index (χ4v) is 0.780. The first-order valence-electron chi connectivity index (χ1n) is 2.86. The maximum absolute atomic E-state index is 5.10. The molecule has 0 radical (unpaired) electrons. The van der Waals surface area contributed by atoms with Crippen molar-refractivity contribution in [1.29, 1.82) is 0 Å². The maximum Gasteiger partial charge on any atom is 0.200 e. The Morgan fingerprint density at radius 3 is 3.30 bits per heavy atom. The molecule has 0 N–H and O–H groups in total. The number of fused-ring (bicyclic) bond motifs is 1. The Morgan fingerprint density at radius 1 is 1.60 bits per heavy atom. The Balaban J connectivity index is 2.29. The molecule has 5 heteroatoms. The van der Waals surface area contributed by atoms with E-state index in [1.165, 1.54) is 5.06 Å². The van der Waals surface area contributed by atoms with Crippen molar-refractivity contribution in [2.75, 3.05) is 7.05 Å². The van der Waals surface area contributed by atoms with Gasteiger partial charge in [0.1, 0.15) is 0 Å². The van der Waals surface area contributed by atoms with Gasteiger partial charge in [0.05, 0.1) is 18.6 Å². The molecule has 5 nitrogen and oxygen atoms in total. The summed E-state index contributed by atoms with van der Waals surface area (Å²) in [5, 5.41) is 10.6. The first-order chi connectivity index (χ1) is 4.86. The fourth-order valence-electron chi connectivity index (χ4n) is 0.780. The van der Waals surface area contributed by atoms with Crippen molar-refractivity contribution in [1.82, 2.24) is 10.1 Å². The summed E-state index contributed by atoms with van der Waals surface area (Å²) in [6, 6.07) is 0. The van der Waals surface area contributed by atoms with E-state index >= 15 is 0 Å². The molecule has 2 rings (SSSR count). The van der Waals surface area contributed by atoms with Crippen molar-refractivity contribution in [2.45, 2.75) is 0 Å². The quantitative estimate of drug-likeness (QED) is 0.497. The molecule has 2 aliphatic heterocycles. The van der Waals surface area contributed by atoms with E-state index in [0.717, 1.165) is 0 Å². The second-order valence-corrected chi connectivity index (χ2v) is 1.95. The van der Waals surface area contributed by atoms with Gasteiger partial charge in [-0.25, -0.2) is 5.06 Å².